The molecule has 0 unspecified atom stereocenters. The molecule has 106 valence electrons. The van der Waals surface area contributed by atoms with Crippen LogP contribution in [-0.2, 0) is 0 Å². The summed E-state index contributed by atoms with van der Waals surface area (Å²) in [7, 11) is 0. The maximum atomic E-state index is 5.66. The Labute approximate surface area is 119 Å². The number of nitrogens with two attached hydrogens (primary N) is 1. The zero-order valence-corrected chi connectivity index (χ0v) is 11.7. The van der Waals surface area contributed by atoms with E-state index in [9.17, 15) is 0 Å². The molecule has 1 aliphatic rings. The quantitative estimate of drug-likeness (QED) is 0.906. The summed E-state index contributed by atoms with van der Waals surface area (Å²) in [4.78, 5) is 4.87. The second kappa shape index (κ2) is 6.15. The van der Waals surface area contributed by atoms with Crippen LogP contribution in [0.25, 0.3) is 10.9 Å². The first-order chi connectivity index (χ1) is 9.88. The van der Waals surface area contributed by atoms with Gasteiger partial charge in [-0.25, -0.2) is 0 Å². The van der Waals surface area contributed by atoms with Crippen molar-refractivity contribution in [2.24, 2.45) is 5.73 Å². The van der Waals surface area contributed by atoms with Gasteiger partial charge < -0.3 is 15.5 Å². The predicted molar refractivity (Wildman–Crippen MR) is 81.9 cm³/mol. The van der Waals surface area contributed by atoms with Crippen LogP contribution in [0.4, 0.5) is 5.69 Å². The van der Waals surface area contributed by atoms with Crippen molar-refractivity contribution in [2.45, 2.75) is 6.42 Å². The Morgan fingerprint density at radius 3 is 2.90 bits per heavy atom. The van der Waals surface area contributed by atoms with E-state index < -0.39 is 0 Å². The summed E-state index contributed by atoms with van der Waals surface area (Å²) in [6.07, 6.45) is 3.05. The van der Waals surface area contributed by atoms with E-state index in [0.29, 0.717) is 0 Å². The van der Waals surface area contributed by atoms with Gasteiger partial charge in [-0.15, -0.1) is 0 Å². The highest BCUT2D eigenvalue weighted by Gasteiger charge is 2.16. The highest BCUT2D eigenvalue weighted by Crippen LogP contribution is 2.24. The van der Waals surface area contributed by atoms with Crippen LogP contribution in [0.2, 0.25) is 0 Å². The summed E-state index contributed by atoms with van der Waals surface area (Å²) in [5.41, 5.74) is 7.82. The SMILES string of the molecule is NCCN1CCCN(c2cnnc3ccccc23)CC1. The molecule has 2 aromatic rings. The van der Waals surface area contributed by atoms with Gasteiger partial charge in [-0.05, 0) is 19.0 Å². The van der Waals surface area contributed by atoms with Crippen molar-refractivity contribution in [1.82, 2.24) is 15.1 Å². The van der Waals surface area contributed by atoms with Crippen molar-refractivity contribution in [3.63, 3.8) is 0 Å². The largest absolute Gasteiger partial charge is 0.368 e. The van der Waals surface area contributed by atoms with Crippen LogP contribution in [-0.4, -0.2) is 54.4 Å². The summed E-state index contributed by atoms with van der Waals surface area (Å²) >= 11 is 0. The number of fused-ring (bicyclic) bond motifs is 1. The lowest BCUT2D eigenvalue weighted by Crippen LogP contribution is -2.34. The summed E-state index contributed by atoms with van der Waals surface area (Å²) in [6.45, 7) is 6.01. The second-order valence-corrected chi connectivity index (χ2v) is 5.22. The van der Waals surface area contributed by atoms with Gasteiger partial charge in [0.25, 0.3) is 0 Å². The maximum absolute atomic E-state index is 5.66. The monoisotopic (exact) mass is 271 g/mol. The first kappa shape index (κ1) is 13.3. The van der Waals surface area contributed by atoms with Crippen molar-refractivity contribution in [1.29, 1.82) is 0 Å². The molecule has 2 heterocycles. The minimum Gasteiger partial charge on any atom is -0.368 e. The minimum absolute atomic E-state index is 0.736. The standard InChI is InChI=1S/C15H21N5/c16-6-9-19-7-3-8-20(11-10-19)15-12-17-18-14-5-2-1-4-13(14)15/h1-2,4-5,12H,3,6-11,16H2. The highest BCUT2D eigenvalue weighted by atomic mass is 15.2. The molecule has 0 aliphatic carbocycles. The van der Waals surface area contributed by atoms with Gasteiger partial charge in [0.1, 0.15) is 0 Å². The van der Waals surface area contributed by atoms with E-state index >= 15 is 0 Å². The van der Waals surface area contributed by atoms with Gasteiger partial charge in [0, 0.05) is 38.1 Å². The third kappa shape index (κ3) is 2.73. The Morgan fingerprint density at radius 2 is 2.00 bits per heavy atom. The number of hydrogen-bond acceptors (Lipinski definition) is 5. The number of rotatable bonds is 3. The lowest BCUT2D eigenvalue weighted by atomic mass is 10.2. The molecule has 2 N–H and O–H groups in total. The Morgan fingerprint density at radius 1 is 1.10 bits per heavy atom. The van der Waals surface area contributed by atoms with Crippen LogP contribution in [0.1, 0.15) is 6.42 Å². The summed E-state index contributed by atoms with van der Waals surface area (Å²) in [5, 5.41) is 9.54. The molecule has 3 rings (SSSR count). The van der Waals surface area contributed by atoms with Gasteiger partial charge in [0.2, 0.25) is 0 Å². The molecule has 1 aromatic carbocycles. The number of nitrogens with zero attached hydrogens (tertiary/aromatic N) is 4. The van der Waals surface area contributed by atoms with Crippen LogP contribution in [0.5, 0.6) is 0 Å². The molecule has 0 amide bonds. The summed E-state index contributed by atoms with van der Waals surface area (Å²) < 4.78 is 0. The van der Waals surface area contributed by atoms with E-state index in [4.69, 9.17) is 5.73 Å². The fourth-order valence-electron chi connectivity index (χ4n) is 2.86. The van der Waals surface area contributed by atoms with Gasteiger partial charge in [0.05, 0.1) is 17.4 Å². The Kier molecular flexibility index (Phi) is 4.08. The van der Waals surface area contributed by atoms with Crippen molar-refractivity contribution >= 4 is 16.6 Å². The third-order valence-electron chi connectivity index (χ3n) is 3.90. The van der Waals surface area contributed by atoms with Crippen molar-refractivity contribution < 1.29 is 0 Å². The van der Waals surface area contributed by atoms with E-state index in [2.05, 4.69) is 32.1 Å². The molecular formula is C15H21N5. The Hall–Kier alpha value is -1.72. The van der Waals surface area contributed by atoms with E-state index in [-0.39, 0.29) is 0 Å². The van der Waals surface area contributed by atoms with Gasteiger partial charge >= 0.3 is 0 Å². The zero-order chi connectivity index (χ0) is 13.8. The van der Waals surface area contributed by atoms with E-state index in [1.54, 1.807) is 0 Å². The first-order valence-corrected chi connectivity index (χ1v) is 7.26. The van der Waals surface area contributed by atoms with Crippen LogP contribution >= 0.6 is 0 Å². The van der Waals surface area contributed by atoms with E-state index in [0.717, 1.165) is 51.2 Å². The van der Waals surface area contributed by atoms with E-state index in [1.165, 1.54) is 11.1 Å². The molecule has 1 aliphatic heterocycles. The lowest BCUT2D eigenvalue weighted by Gasteiger charge is -2.24. The molecule has 5 heteroatoms. The first-order valence-electron chi connectivity index (χ1n) is 7.26. The zero-order valence-electron chi connectivity index (χ0n) is 11.7. The average Bonchev–Trinajstić information content (AvgIpc) is 2.73. The second-order valence-electron chi connectivity index (χ2n) is 5.22. The Balaban J connectivity index is 1.84. The lowest BCUT2D eigenvalue weighted by molar-refractivity contribution is 0.302. The van der Waals surface area contributed by atoms with Crippen LogP contribution < -0.4 is 10.6 Å². The fraction of sp³-hybridized carbons (Fsp3) is 0.467. The van der Waals surface area contributed by atoms with Gasteiger partial charge in [-0.3, -0.25) is 0 Å². The smallest absolute Gasteiger partial charge is 0.0950 e. The molecular weight excluding hydrogens is 250 g/mol. The summed E-state index contributed by atoms with van der Waals surface area (Å²) in [5.74, 6) is 0. The van der Waals surface area contributed by atoms with Crippen LogP contribution in [0.3, 0.4) is 0 Å². The summed E-state index contributed by atoms with van der Waals surface area (Å²) in [6, 6.07) is 8.21. The van der Waals surface area contributed by atoms with Crippen LogP contribution in [0.15, 0.2) is 30.5 Å². The molecule has 1 aromatic heterocycles. The van der Waals surface area contributed by atoms with Crippen LogP contribution in [0, 0.1) is 0 Å². The fourth-order valence-corrected chi connectivity index (χ4v) is 2.86. The van der Waals surface area contributed by atoms with Crippen molar-refractivity contribution in [2.75, 3.05) is 44.2 Å². The normalized spacial score (nSPS) is 17.4. The molecule has 0 saturated carbocycles. The molecule has 20 heavy (non-hydrogen) atoms. The molecule has 5 nitrogen and oxygen atoms in total. The predicted octanol–water partition coefficient (Wildman–Crippen LogP) is 1.10. The van der Waals surface area contributed by atoms with Gasteiger partial charge in [-0.2, -0.15) is 10.2 Å². The molecule has 1 fully saturated rings. The molecule has 0 bridgehead atoms. The van der Waals surface area contributed by atoms with Gasteiger partial charge in [0.15, 0.2) is 0 Å². The number of hydrogen-bond donors (Lipinski definition) is 1. The number of aromatic nitrogens is 2. The van der Waals surface area contributed by atoms with Crippen molar-refractivity contribution in [3.05, 3.63) is 30.5 Å². The third-order valence-corrected chi connectivity index (χ3v) is 3.90. The molecule has 1 saturated heterocycles. The van der Waals surface area contributed by atoms with Crippen molar-refractivity contribution in [3.8, 4) is 0 Å². The number of benzene rings is 1. The Bertz CT molecular complexity index is 566. The number of anilines is 1. The average molecular weight is 271 g/mol. The molecule has 0 atom stereocenters. The maximum Gasteiger partial charge on any atom is 0.0950 e. The minimum atomic E-state index is 0.736. The topological polar surface area (TPSA) is 58.3 Å². The van der Waals surface area contributed by atoms with E-state index in [1.807, 2.05) is 18.3 Å². The highest BCUT2D eigenvalue weighted by molar-refractivity contribution is 5.90. The molecule has 0 radical (unpaired) electrons. The van der Waals surface area contributed by atoms with Gasteiger partial charge in [-0.1, -0.05) is 18.2 Å². The molecule has 0 spiro atoms.